The van der Waals surface area contributed by atoms with E-state index in [0.717, 1.165) is 0 Å². The van der Waals surface area contributed by atoms with Crippen LogP contribution in [-0.2, 0) is 6.54 Å². The lowest BCUT2D eigenvalue weighted by atomic mass is 10.5. The summed E-state index contributed by atoms with van der Waals surface area (Å²) in [5.41, 5.74) is 2.29. The standard InChI is InChI=1S/C8H7Cl2N5OS/c9-6-7(10)15(3-12-6)1-5-13-4(2-17-5)8(16)14-11/h2-3H,1,11H2,(H,14,16). The number of carbonyl (C=O) groups is 1. The fourth-order valence-corrected chi connectivity index (χ4v) is 2.24. The molecule has 0 unspecified atom stereocenters. The second kappa shape index (κ2) is 5.01. The molecule has 0 aliphatic rings. The SMILES string of the molecule is NNC(=O)c1csc(Cn2cnc(Cl)c2Cl)n1. The van der Waals surface area contributed by atoms with Crippen molar-refractivity contribution in [1.29, 1.82) is 0 Å². The van der Waals surface area contributed by atoms with Crippen LogP contribution in [0, 0.1) is 0 Å². The maximum Gasteiger partial charge on any atom is 0.284 e. The van der Waals surface area contributed by atoms with Gasteiger partial charge in [-0.3, -0.25) is 10.2 Å². The summed E-state index contributed by atoms with van der Waals surface area (Å²) >= 11 is 12.9. The first-order valence-electron chi connectivity index (χ1n) is 4.43. The summed E-state index contributed by atoms with van der Waals surface area (Å²) in [5, 5.41) is 2.90. The van der Waals surface area contributed by atoms with Gasteiger partial charge in [0.2, 0.25) is 0 Å². The Labute approximate surface area is 110 Å². The van der Waals surface area contributed by atoms with E-state index in [-0.39, 0.29) is 10.8 Å². The second-order valence-electron chi connectivity index (χ2n) is 3.05. The number of hydrogen-bond donors (Lipinski definition) is 2. The Kier molecular flexibility index (Phi) is 3.63. The van der Waals surface area contributed by atoms with E-state index in [1.54, 1.807) is 9.95 Å². The molecule has 3 N–H and O–H groups in total. The van der Waals surface area contributed by atoms with E-state index in [2.05, 4.69) is 9.97 Å². The Morgan fingerprint density at radius 3 is 2.94 bits per heavy atom. The quantitative estimate of drug-likeness (QED) is 0.507. The number of imidazole rings is 1. The fraction of sp³-hybridized carbons (Fsp3) is 0.125. The number of halogens is 2. The van der Waals surface area contributed by atoms with Crippen molar-refractivity contribution in [2.45, 2.75) is 6.54 Å². The summed E-state index contributed by atoms with van der Waals surface area (Å²) in [7, 11) is 0. The van der Waals surface area contributed by atoms with Gasteiger partial charge < -0.3 is 4.57 Å². The predicted molar refractivity (Wildman–Crippen MR) is 65.1 cm³/mol. The Morgan fingerprint density at radius 1 is 1.59 bits per heavy atom. The van der Waals surface area contributed by atoms with Gasteiger partial charge in [-0.2, -0.15) is 0 Å². The number of hydrazine groups is 1. The molecule has 0 bridgehead atoms. The van der Waals surface area contributed by atoms with Gasteiger partial charge in [-0.05, 0) is 0 Å². The van der Waals surface area contributed by atoms with E-state index in [1.807, 2.05) is 5.43 Å². The number of thiazole rings is 1. The largest absolute Gasteiger partial charge is 0.313 e. The fourth-order valence-electron chi connectivity index (χ4n) is 1.16. The minimum Gasteiger partial charge on any atom is -0.313 e. The van der Waals surface area contributed by atoms with E-state index in [4.69, 9.17) is 29.0 Å². The smallest absolute Gasteiger partial charge is 0.284 e. The molecule has 0 radical (unpaired) electrons. The van der Waals surface area contributed by atoms with Crippen LogP contribution in [0.5, 0.6) is 0 Å². The van der Waals surface area contributed by atoms with Gasteiger partial charge in [-0.1, -0.05) is 23.2 Å². The van der Waals surface area contributed by atoms with Crippen molar-refractivity contribution in [2.75, 3.05) is 0 Å². The zero-order valence-electron chi connectivity index (χ0n) is 8.35. The maximum absolute atomic E-state index is 11.2. The molecule has 17 heavy (non-hydrogen) atoms. The molecule has 2 heterocycles. The third-order valence-electron chi connectivity index (χ3n) is 1.95. The Morgan fingerprint density at radius 2 is 2.35 bits per heavy atom. The Balaban J connectivity index is 2.17. The lowest BCUT2D eigenvalue weighted by Crippen LogP contribution is -2.30. The molecule has 0 saturated carbocycles. The molecule has 0 spiro atoms. The van der Waals surface area contributed by atoms with E-state index < -0.39 is 5.91 Å². The summed E-state index contributed by atoms with van der Waals surface area (Å²) in [4.78, 5) is 19.1. The highest BCUT2D eigenvalue weighted by atomic mass is 35.5. The predicted octanol–water partition coefficient (Wildman–Crippen LogP) is 1.30. The number of carbonyl (C=O) groups excluding carboxylic acids is 1. The van der Waals surface area contributed by atoms with Crippen LogP contribution in [0.25, 0.3) is 0 Å². The monoisotopic (exact) mass is 291 g/mol. The number of nitrogens with two attached hydrogens (primary N) is 1. The molecular formula is C8H7Cl2N5OS. The number of hydrogen-bond acceptors (Lipinski definition) is 5. The van der Waals surface area contributed by atoms with Crippen LogP contribution in [0.4, 0.5) is 0 Å². The van der Waals surface area contributed by atoms with Crippen LogP contribution in [0.15, 0.2) is 11.7 Å². The summed E-state index contributed by atoms with van der Waals surface area (Å²) < 4.78 is 1.63. The third-order valence-corrected chi connectivity index (χ3v) is 3.56. The van der Waals surface area contributed by atoms with Crippen molar-refractivity contribution in [3.05, 3.63) is 32.7 Å². The Hall–Kier alpha value is -1.15. The van der Waals surface area contributed by atoms with Crippen LogP contribution in [-0.4, -0.2) is 20.4 Å². The number of aromatic nitrogens is 3. The second-order valence-corrected chi connectivity index (χ2v) is 4.71. The number of nitrogen functional groups attached to an aromatic ring is 1. The highest BCUT2D eigenvalue weighted by Gasteiger charge is 2.11. The molecule has 9 heteroatoms. The van der Waals surface area contributed by atoms with Gasteiger partial charge in [0.05, 0.1) is 12.9 Å². The molecule has 6 nitrogen and oxygen atoms in total. The maximum atomic E-state index is 11.2. The van der Waals surface area contributed by atoms with Crippen molar-refractivity contribution in [3.8, 4) is 0 Å². The summed E-state index contributed by atoms with van der Waals surface area (Å²) in [6, 6.07) is 0. The number of amides is 1. The van der Waals surface area contributed by atoms with E-state index in [9.17, 15) is 4.79 Å². The lowest BCUT2D eigenvalue weighted by Gasteiger charge is -1.99. The van der Waals surface area contributed by atoms with Gasteiger partial charge in [-0.15, -0.1) is 11.3 Å². The molecule has 0 saturated heterocycles. The lowest BCUT2D eigenvalue weighted by molar-refractivity contribution is 0.0949. The Bertz CT molecular complexity index is 552. The van der Waals surface area contributed by atoms with E-state index in [0.29, 0.717) is 16.7 Å². The summed E-state index contributed by atoms with van der Waals surface area (Å²) in [6.45, 7) is 0.404. The molecule has 2 aromatic rings. The van der Waals surface area contributed by atoms with Crippen LogP contribution in [0.3, 0.4) is 0 Å². The van der Waals surface area contributed by atoms with Gasteiger partial charge in [0.15, 0.2) is 5.15 Å². The van der Waals surface area contributed by atoms with Crippen LogP contribution in [0.1, 0.15) is 15.5 Å². The normalized spacial score (nSPS) is 10.5. The zero-order valence-corrected chi connectivity index (χ0v) is 10.7. The number of nitrogens with zero attached hydrogens (tertiary/aromatic N) is 3. The van der Waals surface area contributed by atoms with Gasteiger partial charge in [0.1, 0.15) is 15.9 Å². The average molecular weight is 292 g/mol. The highest BCUT2D eigenvalue weighted by Crippen LogP contribution is 2.21. The van der Waals surface area contributed by atoms with Crippen LogP contribution < -0.4 is 11.3 Å². The van der Waals surface area contributed by atoms with Crippen molar-refractivity contribution < 1.29 is 4.79 Å². The summed E-state index contributed by atoms with van der Waals surface area (Å²) in [5.74, 6) is 4.58. The summed E-state index contributed by atoms with van der Waals surface area (Å²) in [6.07, 6.45) is 1.51. The molecular weight excluding hydrogens is 285 g/mol. The first-order chi connectivity index (χ1) is 8.11. The zero-order chi connectivity index (χ0) is 12.4. The molecule has 0 aliphatic carbocycles. The van der Waals surface area contributed by atoms with E-state index in [1.165, 1.54) is 17.7 Å². The van der Waals surface area contributed by atoms with Crippen molar-refractivity contribution in [1.82, 2.24) is 20.0 Å². The van der Waals surface area contributed by atoms with Gasteiger partial charge in [-0.25, -0.2) is 15.8 Å². The highest BCUT2D eigenvalue weighted by molar-refractivity contribution is 7.09. The van der Waals surface area contributed by atoms with Gasteiger partial charge in [0, 0.05) is 5.38 Å². The van der Waals surface area contributed by atoms with E-state index >= 15 is 0 Å². The van der Waals surface area contributed by atoms with Gasteiger partial charge >= 0.3 is 0 Å². The number of rotatable bonds is 3. The molecule has 0 fully saturated rings. The van der Waals surface area contributed by atoms with Crippen LogP contribution >= 0.6 is 34.5 Å². The molecule has 0 aromatic carbocycles. The van der Waals surface area contributed by atoms with Gasteiger partial charge in [0.25, 0.3) is 5.91 Å². The van der Waals surface area contributed by atoms with Crippen molar-refractivity contribution >= 4 is 40.4 Å². The molecule has 0 aliphatic heterocycles. The average Bonchev–Trinajstić information content (AvgIpc) is 2.91. The molecule has 90 valence electrons. The minimum absolute atomic E-state index is 0.239. The van der Waals surface area contributed by atoms with Crippen molar-refractivity contribution in [2.24, 2.45) is 5.84 Å². The first-order valence-corrected chi connectivity index (χ1v) is 6.07. The number of nitrogens with one attached hydrogen (secondary N) is 1. The first kappa shape index (κ1) is 12.3. The molecule has 2 rings (SSSR count). The molecule has 0 atom stereocenters. The van der Waals surface area contributed by atoms with Crippen LogP contribution in [0.2, 0.25) is 10.3 Å². The van der Waals surface area contributed by atoms with Crippen molar-refractivity contribution in [3.63, 3.8) is 0 Å². The molecule has 1 amide bonds. The molecule has 2 aromatic heterocycles. The minimum atomic E-state index is -0.428. The third kappa shape index (κ3) is 2.58. The topological polar surface area (TPSA) is 85.8 Å².